The normalized spacial score (nSPS) is 14.4. The minimum atomic E-state index is -0.577. The second-order valence-electron chi connectivity index (χ2n) is 9.65. The van der Waals surface area contributed by atoms with Gasteiger partial charge in [0.05, 0.1) is 24.9 Å². The number of morpholine rings is 1. The first-order valence-corrected chi connectivity index (χ1v) is 12.3. The van der Waals surface area contributed by atoms with Crippen molar-refractivity contribution in [3.63, 3.8) is 0 Å². The number of hydrogen-bond acceptors (Lipinski definition) is 7. The summed E-state index contributed by atoms with van der Waals surface area (Å²) in [7, 11) is 1.72. The number of ether oxygens (including phenoxy) is 2. The number of rotatable bonds is 6. The van der Waals surface area contributed by atoms with E-state index in [4.69, 9.17) is 14.5 Å². The van der Waals surface area contributed by atoms with Gasteiger partial charge in [-0.05, 0) is 62.7 Å². The zero-order chi connectivity index (χ0) is 25.0. The van der Waals surface area contributed by atoms with E-state index in [1.807, 2.05) is 34.6 Å². The summed E-state index contributed by atoms with van der Waals surface area (Å²) in [5.41, 5.74) is 1.27. The van der Waals surface area contributed by atoms with E-state index in [1.54, 1.807) is 35.2 Å². The first kappa shape index (κ1) is 26.2. The van der Waals surface area contributed by atoms with E-state index in [0.717, 1.165) is 18.9 Å². The van der Waals surface area contributed by atoms with Crippen molar-refractivity contribution in [2.45, 2.75) is 46.3 Å². The monoisotopic (exact) mass is 535 g/mol. The van der Waals surface area contributed by atoms with Gasteiger partial charge in [0.2, 0.25) is 0 Å². The molecule has 1 aromatic heterocycles. The second kappa shape index (κ2) is 10.9. The predicted molar refractivity (Wildman–Crippen MR) is 135 cm³/mol. The molecule has 0 unspecified atom stereocenters. The number of benzene rings is 1. The summed E-state index contributed by atoms with van der Waals surface area (Å²) in [4.78, 5) is 40.4. The lowest BCUT2D eigenvalue weighted by Crippen LogP contribution is -2.45. The molecule has 0 radical (unpaired) electrons. The zero-order valence-corrected chi connectivity index (χ0v) is 22.4. The van der Waals surface area contributed by atoms with Crippen LogP contribution in [0.25, 0.3) is 11.0 Å². The number of carbonyl (C=O) groups is 2. The predicted octanol–water partition coefficient (Wildman–Crippen LogP) is 3.95. The maximum absolute atomic E-state index is 13.1. The van der Waals surface area contributed by atoms with Gasteiger partial charge in [0.25, 0.3) is 5.91 Å². The van der Waals surface area contributed by atoms with Crippen LogP contribution in [0.4, 0.5) is 10.6 Å². The highest BCUT2D eigenvalue weighted by Gasteiger charge is 2.25. The van der Waals surface area contributed by atoms with Gasteiger partial charge in [0.15, 0.2) is 0 Å². The molecular formula is C24H34BrN5O4. The van der Waals surface area contributed by atoms with E-state index < -0.39 is 5.60 Å². The number of halogens is 1. The fraction of sp³-hybridized carbons (Fsp3) is 0.583. The fourth-order valence-corrected chi connectivity index (χ4v) is 4.13. The van der Waals surface area contributed by atoms with Crippen LogP contribution in [0.3, 0.4) is 0 Å². The Morgan fingerprint density at radius 3 is 2.50 bits per heavy atom. The van der Waals surface area contributed by atoms with E-state index in [1.165, 1.54) is 0 Å². The van der Waals surface area contributed by atoms with Crippen molar-refractivity contribution in [3.05, 3.63) is 28.4 Å². The first-order valence-electron chi connectivity index (χ1n) is 11.5. The van der Waals surface area contributed by atoms with E-state index in [9.17, 15) is 9.59 Å². The van der Waals surface area contributed by atoms with Crippen LogP contribution in [0.5, 0.6) is 0 Å². The topological polar surface area (TPSA) is 88.1 Å². The summed E-state index contributed by atoms with van der Waals surface area (Å²) in [6, 6.07) is 3.47. The van der Waals surface area contributed by atoms with Gasteiger partial charge in [-0.3, -0.25) is 9.78 Å². The van der Waals surface area contributed by atoms with Gasteiger partial charge in [-0.1, -0.05) is 0 Å². The molecule has 1 saturated heterocycles. The molecule has 10 heteroatoms. The number of hydrogen-bond donors (Lipinski definition) is 0. The number of fused-ring (bicyclic) bond motifs is 1. The van der Waals surface area contributed by atoms with Gasteiger partial charge >= 0.3 is 6.09 Å². The van der Waals surface area contributed by atoms with E-state index >= 15 is 0 Å². The largest absolute Gasteiger partial charge is 0.444 e. The van der Waals surface area contributed by atoms with E-state index in [2.05, 4.69) is 25.8 Å². The Hall–Kier alpha value is -2.46. The summed E-state index contributed by atoms with van der Waals surface area (Å²) in [5, 5.41) is 0. The number of anilines is 1. The number of carbonyl (C=O) groups excluding carboxylic acids is 2. The standard InChI is InChI=1S/C24H34BrN5O4/c1-16(2)30(23(32)34-24(3,4)5)8-7-28(6)22(31)17-13-18(25)21-19(14-17)26-15-20(27-21)29-9-11-33-12-10-29/h13-16H,7-12H2,1-6H3. The molecule has 1 aliphatic rings. The van der Waals surface area contributed by atoms with Crippen LogP contribution in [0.2, 0.25) is 0 Å². The minimum absolute atomic E-state index is 0.0518. The number of likely N-dealkylation sites (N-methyl/N-ethyl adjacent to an activating group) is 1. The van der Waals surface area contributed by atoms with Gasteiger partial charge < -0.3 is 24.2 Å². The van der Waals surface area contributed by atoms with Crippen molar-refractivity contribution in [2.24, 2.45) is 0 Å². The highest BCUT2D eigenvalue weighted by molar-refractivity contribution is 9.10. The average molecular weight is 536 g/mol. The van der Waals surface area contributed by atoms with Gasteiger partial charge in [0, 0.05) is 49.3 Å². The molecule has 2 aromatic rings. The highest BCUT2D eigenvalue weighted by Crippen LogP contribution is 2.26. The number of nitrogens with zero attached hydrogens (tertiary/aromatic N) is 5. The molecule has 2 amide bonds. The molecule has 0 saturated carbocycles. The molecule has 0 aliphatic carbocycles. The lowest BCUT2D eigenvalue weighted by atomic mass is 10.1. The van der Waals surface area contributed by atoms with Gasteiger partial charge in [0.1, 0.15) is 16.9 Å². The maximum atomic E-state index is 13.1. The highest BCUT2D eigenvalue weighted by atomic mass is 79.9. The summed E-state index contributed by atoms with van der Waals surface area (Å²) < 4.78 is 11.6. The van der Waals surface area contributed by atoms with Crippen molar-refractivity contribution in [2.75, 3.05) is 51.3 Å². The molecule has 2 heterocycles. The molecule has 186 valence electrons. The van der Waals surface area contributed by atoms with Crippen LogP contribution in [-0.4, -0.2) is 89.9 Å². The molecule has 1 aromatic carbocycles. The third kappa shape index (κ3) is 6.56. The molecule has 0 N–H and O–H groups in total. The third-order valence-corrected chi connectivity index (χ3v) is 6.05. The van der Waals surface area contributed by atoms with Crippen molar-refractivity contribution < 1.29 is 19.1 Å². The van der Waals surface area contributed by atoms with Gasteiger partial charge in [-0.25, -0.2) is 9.78 Å². The van der Waals surface area contributed by atoms with Crippen LogP contribution in [0.15, 0.2) is 22.8 Å². The van der Waals surface area contributed by atoms with Gasteiger partial charge in [-0.15, -0.1) is 0 Å². The Bertz CT molecular complexity index is 1030. The van der Waals surface area contributed by atoms with Crippen LogP contribution >= 0.6 is 15.9 Å². The summed E-state index contributed by atoms with van der Waals surface area (Å²) >= 11 is 3.57. The lowest BCUT2D eigenvalue weighted by molar-refractivity contribution is 0.0173. The summed E-state index contributed by atoms with van der Waals surface area (Å²) in [5.74, 6) is 0.637. The van der Waals surface area contributed by atoms with Crippen LogP contribution < -0.4 is 4.90 Å². The van der Waals surface area contributed by atoms with Crippen LogP contribution in [0, 0.1) is 0 Å². The van der Waals surface area contributed by atoms with Crippen molar-refractivity contribution in [1.82, 2.24) is 19.8 Å². The Labute approximate surface area is 209 Å². The van der Waals surface area contributed by atoms with E-state index in [0.29, 0.717) is 47.4 Å². The summed E-state index contributed by atoms with van der Waals surface area (Å²) in [6.07, 6.45) is 1.35. The Morgan fingerprint density at radius 2 is 1.88 bits per heavy atom. The molecule has 0 bridgehead atoms. The van der Waals surface area contributed by atoms with Gasteiger partial charge in [-0.2, -0.15) is 0 Å². The number of amides is 2. The molecular weight excluding hydrogens is 502 g/mol. The smallest absolute Gasteiger partial charge is 0.410 e. The molecule has 0 spiro atoms. The summed E-state index contributed by atoms with van der Waals surface area (Å²) in [6.45, 7) is 13.0. The minimum Gasteiger partial charge on any atom is -0.444 e. The molecule has 1 fully saturated rings. The number of aromatic nitrogens is 2. The Balaban J connectivity index is 1.72. The Kier molecular flexibility index (Phi) is 8.35. The molecule has 0 atom stereocenters. The average Bonchev–Trinajstić information content (AvgIpc) is 2.77. The van der Waals surface area contributed by atoms with Crippen molar-refractivity contribution >= 4 is 44.8 Å². The maximum Gasteiger partial charge on any atom is 0.410 e. The molecule has 3 rings (SSSR count). The quantitative estimate of drug-likeness (QED) is 0.553. The molecule has 34 heavy (non-hydrogen) atoms. The van der Waals surface area contributed by atoms with Crippen molar-refractivity contribution in [1.29, 1.82) is 0 Å². The lowest BCUT2D eigenvalue weighted by Gasteiger charge is -2.31. The zero-order valence-electron chi connectivity index (χ0n) is 20.8. The fourth-order valence-electron chi connectivity index (χ4n) is 3.59. The third-order valence-electron chi connectivity index (χ3n) is 5.45. The second-order valence-corrected chi connectivity index (χ2v) is 10.5. The molecule has 9 nitrogen and oxygen atoms in total. The van der Waals surface area contributed by atoms with Crippen LogP contribution in [0.1, 0.15) is 45.0 Å². The first-order chi connectivity index (χ1) is 16.0. The SMILES string of the molecule is CC(C)N(CCN(C)C(=O)c1cc(Br)c2nc(N3CCOCC3)cnc2c1)C(=O)OC(C)(C)C. The van der Waals surface area contributed by atoms with E-state index in [-0.39, 0.29) is 18.0 Å². The Morgan fingerprint density at radius 1 is 1.21 bits per heavy atom. The van der Waals surface area contributed by atoms with Crippen molar-refractivity contribution in [3.8, 4) is 0 Å². The molecule has 1 aliphatic heterocycles. The van der Waals surface area contributed by atoms with Crippen LogP contribution in [-0.2, 0) is 9.47 Å².